The average molecular weight is 413 g/mol. The maximum atomic E-state index is 12.9. The summed E-state index contributed by atoms with van der Waals surface area (Å²) in [7, 11) is 0. The van der Waals surface area contributed by atoms with E-state index in [-0.39, 0.29) is 5.91 Å². The fourth-order valence-electron chi connectivity index (χ4n) is 3.22. The van der Waals surface area contributed by atoms with Crippen LogP contribution in [0.15, 0.2) is 79.1 Å². The van der Waals surface area contributed by atoms with Crippen LogP contribution >= 0.6 is 0 Å². The van der Waals surface area contributed by atoms with E-state index in [1.54, 1.807) is 42.6 Å². The number of nitrogens with zero attached hydrogens (tertiary/aromatic N) is 2. The molecule has 0 aliphatic heterocycles. The highest BCUT2D eigenvalue weighted by atomic mass is 16.5. The second kappa shape index (κ2) is 9.26. The summed E-state index contributed by atoms with van der Waals surface area (Å²) in [6.07, 6.45) is 5.46. The molecule has 0 atom stereocenters. The van der Waals surface area contributed by atoms with E-state index in [1.165, 1.54) is 0 Å². The first kappa shape index (κ1) is 20.3. The van der Waals surface area contributed by atoms with Crippen LogP contribution in [0, 0.1) is 0 Å². The van der Waals surface area contributed by atoms with Crippen molar-refractivity contribution in [1.82, 2.24) is 9.38 Å². The lowest BCUT2D eigenvalue weighted by molar-refractivity contribution is 0.0501. The number of carbonyl (C=O) groups is 2. The number of amides is 1. The summed E-state index contributed by atoms with van der Waals surface area (Å²) in [6.45, 7) is 2.39. The van der Waals surface area contributed by atoms with Gasteiger partial charge in [-0.2, -0.15) is 0 Å². The van der Waals surface area contributed by atoms with Crippen LogP contribution in [0.4, 0.5) is 5.69 Å². The number of fused-ring (bicyclic) bond motifs is 1. The predicted molar refractivity (Wildman–Crippen MR) is 120 cm³/mol. The second-order valence-electron chi connectivity index (χ2n) is 7.16. The molecule has 0 unspecified atom stereocenters. The zero-order valence-electron chi connectivity index (χ0n) is 17.2. The van der Waals surface area contributed by atoms with Gasteiger partial charge in [0.25, 0.3) is 5.91 Å². The molecule has 6 nitrogen and oxygen atoms in total. The Morgan fingerprint density at radius 2 is 1.81 bits per heavy atom. The van der Waals surface area contributed by atoms with Gasteiger partial charge in [-0.1, -0.05) is 55.8 Å². The molecule has 4 aromatic rings. The molecular formula is C25H23N3O3. The molecule has 6 heteroatoms. The van der Waals surface area contributed by atoms with Gasteiger partial charge in [-0.05, 0) is 30.7 Å². The van der Waals surface area contributed by atoms with Crippen molar-refractivity contribution in [2.45, 2.75) is 19.8 Å². The summed E-state index contributed by atoms with van der Waals surface area (Å²) in [5.41, 5.74) is 3.71. The van der Waals surface area contributed by atoms with Crippen molar-refractivity contribution < 1.29 is 14.3 Å². The Morgan fingerprint density at radius 3 is 2.61 bits per heavy atom. The predicted octanol–water partition coefficient (Wildman–Crippen LogP) is 5.21. The second-order valence-corrected chi connectivity index (χ2v) is 7.16. The lowest BCUT2D eigenvalue weighted by Gasteiger charge is -2.11. The van der Waals surface area contributed by atoms with Crippen LogP contribution in [-0.2, 0) is 4.74 Å². The van der Waals surface area contributed by atoms with Crippen molar-refractivity contribution in [3.63, 3.8) is 0 Å². The van der Waals surface area contributed by atoms with Crippen molar-refractivity contribution in [2.75, 3.05) is 11.9 Å². The van der Waals surface area contributed by atoms with Crippen molar-refractivity contribution in [2.24, 2.45) is 0 Å². The largest absolute Gasteiger partial charge is 0.462 e. The van der Waals surface area contributed by atoms with E-state index in [0.717, 1.165) is 24.1 Å². The van der Waals surface area contributed by atoms with E-state index in [2.05, 4.69) is 10.3 Å². The van der Waals surface area contributed by atoms with Gasteiger partial charge in [-0.15, -0.1) is 0 Å². The van der Waals surface area contributed by atoms with Gasteiger partial charge in [-0.25, -0.2) is 9.78 Å². The third kappa shape index (κ3) is 4.64. The molecule has 0 fully saturated rings. The third-order valence-corrected chi connectivity index (χ3v) is 4.92. The number of anilines is 1. The minimum absolute atomic E-state index is 0.319. The molecule has 0 spiro atoms. The van der Waals surface area contributed by atoms with E-state index in [1.807, 2.05) is 47.9 Å². The molecule has 0 aliphatic carbocycles. The number of ether oxygens (including phenoxy) is 1. The fourth-order valence-corrected chi connectivity index (χ4v) is 3.22. The number of benzene rings is 2. The highest BCUT2D eigenvalue weighted by Crippen LogP contribution is 2.21. The molecule has 0 aliphatic rings. The Bertz CT molecular complexity index is 1220. The van der Waals surface area contributed by atoms with Gasteiger partial charge in [0.2, 0.25) is 0 Å². The molecule has 2 aromatic carbocycles. The lowest BCUT2D eigenvalue weighted by Crippen LogP contribution is -2.16. The molecule has 156 valence electrons. The van der Waals surface area contributed by atoms with Crippen LogP contribution in [0.25, 0.3) is 16.9 Å². The number of unbranched alkanes of at least 4 members (excludes halogenated alkanes) is 1. The zero-order chi connectivity index (χ0) is 21.6. The van der Waals surface area contributed by atoms with Gasteiger partial charge >= 0.3 is 5.97 Å². The summed E-state index contributed by atoms with van der Waals surface area (Å²) in [6, 6.07) is 20.2. The summed E-state index contributed by atoms with van der Waals surface area (Å²) in [4.78, 5) is 29.9. The summed E-state index contributed by atoms with van der Waals surface area (Å²) < 4.78 is 7.17. The summed E-state index contributed by atoms with van der Waals surface area (Å²) in [5, 5.41) is 2.82. The molecular weight excluding hydrogens is 390 g/mol. The van der Waals surface area contributed by atoms with Crippen molar-refractivity contribution in [3.8, 4) is 11.3 Å². The number of carbonyl (C=O) groups excluding carboxylic acids is 2. The Labute approximate surface area is 180 Å². The Balaban J connectivity index is 1.54. The SMILES string of the molecule is CCCCOC(=O)c1ccccc1NC(=O)c1ccn2cc(-c3ccccc3)nc2c1. The van der Waals surface area contributed by atoms with Crippen molar-refractivity contribution in [1.29, 1.82) is 0 Å². The average Bonchev–Trinajstić information content (AvgIpc) is 3.23. The van der Waals surface area contributed by atoms with E-state index in [0.29, 0.717) is 29.1 Å². The van der Waals surface area contributed by atoms with Gasteiger partial charge in [0.05, 0.1) is 23.6 Å². The maximum absolute atomic E-state index is 12.9. The van der Waals surface area contributed by atoms with E-state index in [9.17, 15) is 9.59 Å². The van der Waals surface area contributed by atoms with Crippen LogP contribution in [0.3, 0.4) is 0 Å². The highest BCUT2D eigenvalue weighted by molar-refractivity contribution is 6.08. The van der Waals surface area contributed by atoms with Gasteiger partial charge in [0.1, 0.15) is 5.65 Å². The summed E-state index contributed by atoms with van der Waals surface area (Å²) >= 11 is 0. The molecule has 0 saturated heterocycles. The minimum Gasteiger partial charge on any atom is -0.462 e. The number of rotatable bonds is 7. The van der Waals surface area contributed by atoms with Crippen LogP contribution in [-0.4, -0.2) is 27.9 Å². The summed E-state index contributed by atoms with van der Waals surface area (Å²) in [5.74, 6) is -0.763. The Kier molecular flexibility index (Phi) is 6.08. The molecule has 0 bridgehead atoms. The molecule has 31 heavy (non-hydrogen) atoms. The molecule has 2 aromatic heterocycles. The number of hydrogen-bond donors (Lipinski definition) is 1. The normalized spacial score (nSPS) is 10.7. The fraction of sp³-hybridized carbons (Fsp3) is 0.160. The number of aromatic nitrogens is 2. The number of imidazole rings is 1. The standard InChI is InChI=1S/C25H23N3O3/c1-2-3-15-31-25(30)20-11-7-8-12-21(20)27-24(29)19-13-14-28-17-22(26-23(28)16-19)18-9-5-4-6-10-18/h4-14,16-17H,2-3,15H2,1H3,(H,27,29). The lowest BCUT2D eigenvalue weighted by atomic mass is 10.1. The number of hydrogen-bond acceptors (Lipinski definition) is 4. The molecule has 0 saturated carbocycles. The van der Waals surface area contributed by atoms with Gasteiger partial charge in [-0.3, -0.25) is 4.79 Å². The van der Waals surface area contributed by atoms with Crippen LogP contribution < -0.4 is 5.32 Å². The van der Waals surface area contributed by atoms with E-state index < -0.39 is 5.97 Å². The van der Waals surface area contributed by atoms with Crippen molar-refractivity contribution in [3.05, 3.63) is 90.3 Å². The Hall–Kier alpha value is -3.93. The topological polar surface area (TPSA) is 72.7 Å². The van der Waals surface area contributed by atoms with Crippen LogP contribution in [0.2, 0.25) is 0 Å². The smallest absolute Gasteiger partial charge is 0.340 e. The van der Waals surface area contributed by atoms with Gasteiger partial charge < -0.3 is 14.5 Å². The number of nitrogens with one attached hydrogen (secondary N) is 1. The number of esters is 1. The molecule has 2 heterocycles. The third-order valence-electron chi connectivity index (χ3n) is 4.92. The minimum atomic E-state index is -0.444. The first-order chi connectivity index (χ1) is 15.2. The van der Waals surface area contributed by atoms with Crippen LogP contribution in [0.1, 0.15) is 40.5 Å². The van der Waals surface area contributed by atoms with E-state index in [4.69, 9.17) is 4.74 Å². The number of pyridine rings is 1. The first-order valence-electron chi connectivity index (χ1n) is 10.3. The molecule has 0 radical (unpaired) electrons. The van der Waals surface area contributed by atoms with Crippen molar-refractivity contribution >= 4 is 23.2 Å². The highest BCUT2D eigenvalue weighted by Gasteiger charge is 2.16. The quantitative estimate of drug-likeness (QED) is 0.333. The van der Waals surface area contributed by atoms with Crippen LogP contribution in [0.5, 0.6) is 0 Å². The Morgan fingerprint density at radius 1 is 1.03 bits per heavy atom. The van der Waals surface area contributed by atoms with E-state index >= 15 is 0 Å². The maximum Gasteiger partial charge on any atom is 0.340 e. The van der Waals surface area contributed by atoms with Gasteiger partial charge in [0, 0.05) is 23.5 Å². The monoisotopic (exact) mass is 413 g/mol. The zero-order valence-corrected chi connectivity index (χ0v) is 17.2. The van der Waals surface area contributed by atoms with Gasteiger partial charge in [0.15, 0.2) is 0 Å². The molecule has 4 rings (SSSR count). The molecule has 1 amide bonds. The number of para-hydroxylation sites is 1. The molecule has 1 N–H and O–H groups in total. The first-order valence-corrected chi connectivity index (χ1v) is 10.3.